The maximum atomic E-state index is 12.2. The number of aromatic nitrogens is 1. The molecule has 2 aromatic rings. The van der Waals surface area contributed by atoms with Gasteiger partial charge in [0.1, 0.15) is 5.82 Å². The quantitative estimate of drug-likeness (QED) is 0.899. The van der Waals surface area contributed by atoms with Gasteiger partial charge in [0.05, 0.1) is 11.6 Å². The van der Waals surface area contributed by atoms with Crippen LogP contribution in [0.5, 0.6) is 0 Å². The summed E-state index contributed by atoms with van der Waals surface area (Å²) in [5, 5.41) is 7.37. The van der Waals surface area contributed by atoms with Crippen molar-refractivity contribution in [2.24, 2.45) is 0 Å². The summed E-state index contributed by atoms with van der Waals surface area (Å²) in [7, 11) is 3.95. The molecule has 1 aromatic heterocycles. The van der Waals surface area contributed by atoms with E-state index in [4.69, 9.17) is 0 Å². The van der Waals surface area contributed by atoms with E-state index in [-0.39, 0.29) is 24.4 Å². The van der Waals surface area contributed by atoms with Gasteiger partial charge in [-0.25, -0.2) is 4.98 Å². The number of carbonyl (C=O) groups is 1. The molecule has 1 aliphatic rings. The number of amides is 1. The molecule has 5 nitrogen and oxygen atoms in total. The van der Waals surface area contributed by atoms with Crippen molar-refractivity contribution in [1.82, 2.24) is 15.6 Å². The lowest BCUT2D eigenvalue weighted by Gasteiger charge is -2.16. The highest BCUT2D eigenvalue weighted by molar-refractivity contribution is 5.86. The van der Waals surface area contributed by atoms with Gasteiger partial charge in [-0.3, -0.25) is 4.79 Å². The van der Waals surface area contributed by atoms with Crippen LogP contribution >= 0.6 is 12.4 Å². The molecule has 6 heteroatoms. The number of hydrogen-bond acceptors (Lipinski definition) is 4. The number of fused-ring (bicyclic) bond motifs is 1. The minimum atomic E-state index is -0.0404. The third-order valence-corrected chi connectivity index (χ3v) is 4.08. The van der Waals surface area contributed by atoms with E-state index in [2.05, 4.69) is 21.7 Å². The van der Waals surface area contributed by atoms with Gasteiger partial charge in [0, 0.05) is 26.0 Å². The molecular weight excluding hydrogens is 312 g/mol. The second-order valence-corrected chi connectivity index (χ2v) is 5.92. The SMILES string of the molecule is CN(C)c1cc(CNC(=O)C2CCCN2)c2ccccc2n1.Cl. The summed E-state index contributed by atoms with van der Waals surface area (Å²) in [5.41, 5.74) is 2.05. The third kappa shape index (κ3) is 3.92. The zero-order valence-corrected chi connectivity index (χ0v) is 14.3. The van der Waals surface area contributed by atoms with E-state index < -0.39 is 0 Å². The van der Waals surface area contributed by atoms with Crippen LogP contribution in [0, 0.1) is 0 Å². The first kappa shape index (κ1) is 17.5. The van der Waals surface area contributed by atoms with E-state index in [1.54, 1.807) is 0 Å². The predicted octanol–water partition coefficient (Wildman–Crippen LogP) is 2.09. The van der Waals surface area contributed by atoms with Gasteiger partial charge in [0.2, 0.25) is 5.91 Å². The summed E-state index contributed by atoms with van der Waals surface area (Å²) < 4.78 is 0. The summed E-state index contributed by atoms with van der Waals surface area (Å²) in [6.45, 7) is 1.46. The standard InChI is InChI=1S/C17H22N4O.ClH/c1-21(2)16-10-12(13-6-3-4-7-14(13)20-16)11-19-17(22)15-8-5-9-18-15;/h3-4,6-7,10,15,18H,5,8-9,11H2,1-2H3,(H,19,22);1H. The molecule has 0 spiro atoms. The highest BCUT2D eigenvalue weighted by atomic mass is 35.5. The Morgan fingerprint density at radius 3 is 2.87 bits per heavy atom. The van der Waals surface area contributed by atoms with Gasteiger partial charge in [-0.1, -0.05) is 18.2 Å². The van der Waals surface area contributed by atoms with Crippen molar-refractivity contribution in [3.63, 3.8) is 0 Å². The summed E-state index contributed by atoms with van der Waals surface area (Å²) >= 11 is 0. The number of benzene rings is 1. The molecule has 1 aromatic carbocycles. The monoisotopic (exact) mass is 334 g/mol. The first-order chi connectivity index (χ1) is 10.6. The average Bonchev–Trinajstić information content (AvgIpc) is 3.06. The summed E-state index contributed by atoms with van der Waals surface area (Å²) in [4.78, 5) is 18.8. The minimum Gasteiger partial charge on any atom is -0.363 e. The van der Waals surface area contributed by atoms with Crippen LogP contribution in [0.15, 0.2) is 30.3 Å². The van der Waals surface area contributed by atoms with Gasteiger partial charge in [-0.15, -0.1) is 12.4 Å². The van der Waals surface area contributed by atoms with E-state index in [0.29, 0.717) is 6.54 Å². The summed E-state index contributed by atoms with van der Waals surface area (Å²) in [5.74, 6) is 0.992. The van der Waals surface area contributed by atoms with E-state index >= 15 is 0 Å². The van der Waals surface area contributed by atoms with E-state index in [0.717, 1.165) is 41.7 Å². The highest BCUT2D eigenvalue weighted by Gasteiger charge is 2.21. The fourth-order valence-corrected chi connectivity index (χ4v) is 2.82. The normalized spacial score (nSPS) is 16.9. The second kappa shape index (κ2) is 7.62. The van der Waals surface area contributed by atoms with Gasteiger partial charge >= 0.3 is 0 Å². The highest BCUT2D eigenvalue weighted by Crippen LogP contribution is 2.22. The summed E-state index contributed by atoms with van der Waals surface area (Å²) in [6.07, 6.45) is 1.99. The summed E-state index contributed by atoms with van der Waals surface area (Å²) in [6, 6.07) is 10.1. The van der Waals surface area contributed by atoms with Crippen LogP contribution in [0.3, 0.4) is 0 Å². The first-order valence-electron chi connectivity index (χ1n) is 7.72. The van der Waals surface area contributed by atoms with Crippen molar-refractivity contribution < 1.29 is 4.79 Å². The molecule has 1 amide bonds. The minimum absolute atomic E-state index is 0. The Kier molecular flexibility index (Phi) is 5.80. The van der Waals surface area contributed by atoms with Gasteiger partial charge in [-0.05, 0) is 37.1 Å². The van der Waals surface area contributed by atoms with Crippen molar-refractivity contribution in [3.05, 3.63) is 35.9 Å². The zero-order chi connectivity index (χ0) is 15.5. The smallest absolute Gasteiger partial charge is 0.237 e. The molecule has 3 rings (SSSR count). The van der Waals surface area contributed by atoms with Crippen molar-refractivity contribution in [3.8, 4) is 0 Å². The van der Waals surface area contributed by atoms with Crippen LogP contribution < -0.4 is 15.5 Å². The Morgan fingerprint density at radius 2 is 2.17 bits per heavy atom. The van der Waals surface area contributed by atoms with Crippen LogP contribution in [0.1, 0.15) is 18.4 Å². The Bertz CT molecular complexity index is 683. The molecule has 0 radical (unpaired) electrons. The van der Waals surface area contributed by atoms with Crippen molar-refractivity contribution in [2.75, 3.05) is 25.5 Å². The molecule has 2 N–H and O–H groups in total. The zero-order valence-electron chi connectivity index (χ0n) is 13.5. The van der Waals surface area contributed by atoms with Crippen LogP contribution in [0.25, 0.3) is 10.9 Å². The molecule has 23 heavy (non-hydrogen) atoms. The fraction of sp³-hybridized carbons (Fsp3) is 0.412. The van der Waals surface area contributed by atoms with E-state index in [9.17, 15) is 4.79 Å². The fourth-order valence-electron chi connectivity index (χ4n) is 2.82. The molecule has 1 saturated heterocycles. The Balaban J connectivity index is 0.00000192. The van der Waals surface area contributed by atoms with Gasteiger partial charge in [0.25, 0.3) is 0 Å². The number of nitrogens with one attached hydrogen (secondary N) is 2. The lowest BCUT2D eigenvalue weighted by molar-refractivity contribution is -0.122. The molecule has 0 bridgehead atoms. The largest absolute Gasteiger partial charge is 0.363 e. The molecule has 1 atom stereocenters. The molecule has 1 unspecified atom stereocenters. The molecule has 0 saturated carbocycles. The number of rotatable bonds is 4. The predicted molar refractivity (Wildman–Crippen MR) is 96.2 cm³/mol. The molecule has 0 aliphatic carbocycles. The maximum absolute atomic E-state index is 12.2. The number of para-hydroxylation sites is 1. The van der Waals surface area contributed by atoms with Gasteiger partial charge in [0.15, 0.2) is 0 Å². The van der Waals surface area contributed by atoms with Crippen LogP contribution in [-0.4, -0.2) is 37.6 Å². The van der Waals surface area contributed by atoms with Gasteiger partial charge < -0.3 is 15.5 Å². The van der Waals surface area contributed by atoms with E-state index in [1.807, 2.05) is 43.3 Å². The second-order valence-electron chi connectivity index (χ2n) is 5.92. The van der Waals surface area contributed by atoms with Crippen LogP contribution in [0.4, 0.5) is 5.82 Å². The number of pyridine rings is 1. The first-order valence-corrected chi connectivity index (χ1v) is 7.72. The number of anilines is 1. The topological polar surface area (TPSA) is 57.3 Å². The van der Waals surface area contributed by atoms with E-state index in [1.165, 1.54) is 0 Å². The lowest BCUT2D eigenvalue weighted by Crippen LogP contribution is -2.40. The molecule has 1 fully saturated rings. The number of hydrogen-bond donors (Lipinski definition) is 2. The number of halogens is 1. The lowest BCUT2D eigenvalue weighted by atomic mass is 10.1. The molecule has 2 heterocycles. The van der Waals surface area contributed by atoms with Crippen molar-refractivity contribution >= 4 is 35.0 Å². The molecular formula is C17H23ClN4O. The maximum Gasteiger partial charge on any atom is 0.237 e. The average molecular weight is 335 g/mol. The number of nitrogens with zero attached hydrogens (tertiary/aromatic N) is 2. The van der Waals surface area contributed by atoms with Gasteiger partial charge in [-0.2, -0.15) is 0 Å². The van der Waals surface area contributed by atoms with Crippen LogP contribution in [0.2, 0.25) is 0 Å². The Hall–Kier alpha value is -1.85. The third-order valence-electron chi connectivity index (χ3n) is 4.08. The van der Waals surface area contributed by atoms with Crippen molar-refractivity contribution in [2.45, 2.75) is 25.4 Å². The van der Waals surface area contributed by atoms with Crippen molar-refractivity contribution in [1.29, 1.82) is 0 Å². The molecule has 1 aliphatic heterocycles. The number of carbonyl (C=O) groups excluding carboxylic acids is 1. The Labute approximate surface area is 142 Å². The molecule has 124 valence electrons. The van der Waals surface area contributed by atoms with Crippen LogP contribution in [-0.2, 0) is 11.3 Å². The Morgan fingerprint density at radius 1 is 1.39 bits per heavy atom.